The Hall–Kier alpha value is -0.0800. The molecule has 0 amide bonds. The van der Waals surface area contributed by atoms with E-state index in [1.165, 1.54) is 70.6 Å². The van der Waals surface area contributed by atoms with Crippen LogP contribution in [0.25, 0.3) is 0 Å². The monoisotopic (exact) mass is 300 g/mol. The molecule has 1 unspecified atom stereocenters. The number of hydrogen-bond acceptors (Lipinski definition) is 2. The standard InChI is InChI=1S/C19H40O2/c1-4-5-6-7-8-9-10-11-12-13-14-15-16-18(20)17-19(2,3)21/h18,20-21H,4-17H2,1-3H3. The van der Waals surface area contributed by atoms with Gasteiger partial charge in [-0.3, -0.25) is 0 Å². The van der Waals surface area contributed by atoms with Crippen LogP contribution in [0.4, 0.5) is 0 Å². The van der Waals surface area contributed by atoms with Gasteiger partial charge in [0.25, 0.3) is 0 Å². The molecule has 0 aliphatic carbocycles. The van der Waals surface area contributed by atoms with Crippen LogP contribution in [0.15, 0.2) is 0 Å². The van der Waals surface area contributed by atoms with E-state index >= 15 is 0 Å². The summed E-state index contributed by atoms with van der Waals surface area (Å²) in [6.45, 7) is 5.79. The Kier molecular flexibility index (Phi) is 13.5. The highest BCUT2D eigenvalue weighted by atomic mass is 16.3. The quantitative estimate of drug-likeness (QED) is 0.386. The number of hydrogen-bond donors (Lipinski definition) is 2. The lowest BCUT2D eigenvalue weighted by molar-refractivity contribution is 0.0150. The molecular weight excluding hydrogens is 260 g/mol. The van der Waals surface area contributed by atoms with Crippen LogP contribution < -0.4 is 0 Å². The first-order valence-corrected chi connectivity index (χ1v) is 9.36. The molecule has 0 fully saturated rings. The smallest absolute Gasteiger partial charge is 0.0616 e. The molecule has 0 aromatic rings. The van der Waals surface area contributed by atoms with Crippen molar-refractivity contribution in [2.75, 3.05) is 0 Å². The first-order valence-electron chi connectivity index (χ1n) is 9.36. The summed E-state index contributed by atoms with van der Waals surface area (Å²) in [6.07, 6.45) is 17.1. The minimum atomic E-state index is -0.740. The summed E-state index contributed by atoms with van der Waals surface area (Å²) in [5.41, 5.74) is -0.740. The zero-order valence-electron chi connectivity index (χ0n) is 14.9. The van der Waals surface area contributed by atoms with Crippen molar-refractivity contribution in [1.29, 1.82) is 0 Å². The summed E-state index contributed by atoms with van der Waals surface area (Å²) in [4.78, 5) is 0. The van der Waals surface area contributed by atoms with Crippen LogP contribution in [-0.4, -0.2) is 21.9 Å². The van der Waals surface area contributed by atoms with Crippen LogP contribution in [0.2, 0.25) is 0 Å². The molecule has 0 heterocycles. The summed E-state index contributed by atoms with van der Waals surface area (Å²) in [6, 6.07) is 0. The maximum atomic E-state index is 9.79. The fourth-order valence-corrected chi connectivity index (χ4v) is 2.90. The highest BCUT2D eigenvalue weighted by Crippen LogP contribution is 2.17. The minimum absolute atomic E-state index is 0.340. The number of rotatable bonds is 15. The van der Waals surface area contributed by atoms with Gasteiger partial charge in [-0.1, -0.05) is 84.0 Å². The maximum Gasteiger partial charge on any atom is 0.0616 e. The van der Waals surface area contributed by atoms with Crippen molar-refractivity contribution in [2.24, 2.45) is 0 Å². The lowest BCUT2D eigenvalue weighted by Gasteiger charge is -2.21. The minimum Gasteiger partial charge on any atom is -0.393 e. The molecule has 0 saturated heterocycles. The van der Waals surface area contributed by atoms with Crippen molar-refractivity contribution in [1.82, 2.24) is 0 Å². The second kappa shape index (κ2) is 13.6. The Morgan fingerprint density at radius 1 is 0.714 bits per heavy atom. The Morgan fingerprint density at radius 3 is 1.48 bits per heavy atom. The molecule has 2 N–H and O–H groups in total. The van der Waals surface area contributed by atoms with Crippen LogP contribution >= 0.6 is 0 Å². The van der Waals surface area contributed by atoms with Gasteiger partial charge in [-0.05, 0) is 20.3 Å². The van der Waals surface area contributed by atoms with E-state index < -0.39 is 5.60 Å². The van der Waals surface area contributed by atoms with Crippen LogP contribution in [0.3, 0.4) is 0 Å². The number of aliphatic hydroxyl groups excluding tert-OH is 1. The zero-order chi connectivity index (χ0) is 16.0. The summed E-state index contributed by atoms with van der Waals surface area (Å²) in [5.74, 6) is 0. The molecule has 0 radical (unpaired) electrons. The molecule has 21 heavy (non-hydrogen) atoms. The Balaban J connectivity index is 3.15. The normalized spacial score (nSPS) is 13.6. The third-order valence-corrected chi connectivity index (χ3v) is 4.13. The van der Waals surface area contributed by atoms with Crippen LogP contribution in [-0.2, 0) is 0 Å². The van der Waals surface area contributed by atoms with E-state index in [4.69, 9.17) is 0 Å². The molecule has 2 nitrogen and oxygen atoms in total. The number of unbranched alkanes of at least 4 members (excludes halogenated alkanes) is 11. The predicted molar refractivity (Wildman–Crippen MR) is 92.6 cm³/mol. The largest absolute Gasteiger partial charge is 0.393 e. The van der Waals surface area contributed by atoms with Crippen molar-refractivity contribution in [3.63, 3.8) is 0 Å². The average Bonchev–Trinajstić information content (AvgIpc) is 2.38. The summed E-state index contributed by atoms with van der Waals surface area (Å²) in [5, 5.41) is 19.4. The summed E-state index contributed by atoms with van der Waals surface area (Å²) < 4.78 is 0. The van der Waals surface area contributed by atoms with Gasteiger partial charge in [0.1, 0.15) is 0 Å². The van der Waals surface area contributed by atoms with E-state index in [1.807, 2.05) is 0 Å². The number of aliphatic hydroxyl groups is 2. The summed E-state index contributed by atoms with van der Waals surface area (Å²) >= 11 is 0. The Labute approximate surface area is 133 Å². The van der Waals surface area contributed by atoms with E-state index in [2.05, 4.69) is 6.92 Å². The molecule has 2 heteroatoms. The molecule has 0 aliphatic rings. The Morgan fingerprint density at radius 2 is 1.10 bits per heavy atom. The van der Waals surface area contributed by atoms with E-state index in [0.717, 1.165) is 12.8 Å². The molecule has 0 aromatic heterocycles. The van der Waals surface area contributed by atoms with Crippen LogP contribution in [0.5, 0.6) is 0 Å². The molecule has 0 spiro atoms. The first-order chi connectivity index (χ1) is 9.95. The van der Waals surface area contributed by atoms with Crippen molar-refractivity contribution in [3.05, 3.63) is 0 Å². The van der Waals surface area contributed by atoms with E-state index in [1.54, 1.807) is 13.8 Å². The van der Waals surface area contributed by atoms with E-state index in [9.17, 15) is 10.2 Å². The van der Waals surface area contributed by atoms with Crippen molar-refractivity contribution in [2.45, 2.75) is 122 Å². The van der Waals surface area contributed by atoms with Gasteiger partial charge in [0.05, 0.1) is 11.7 Å². The van der Waals surface area contributed by atoms with Gasteiger partial charge < -0.3 is 10.2 Å². The second-order valence-corrected chi connectivity index (χ2v) is 7.35. The molecule has 0 aromatic carbocycles. The maximum absolute atomic E-state index is 9.79. The molecule has 0 aliphatic heterocycles. The van der Waals surface area contributed by atoms with Gasteiger partial charge in [0, 0.05) is 6.42 Å². The van der Waals surface area contributed by atoms with Crippen molar-refractivity contribution in [3.8, 4) is 0 Å². The van der Waals surface area contributed by atoms with Gasteiger partial charge in [0.2, 0.25) is 0 Å². The lowest BCUT2D eigenvalue weighted by atomic mass is 9.97. The van der Waals surface area contributed by atoms with Gasteiger partial charge in [0.15, 0.2) is 0 Å². The van der Waals surface area contributed by atoms with Crippen molar-refractivity contribution < 1.29 is 10.2 Å². The molecule has 128 valence electrons. The third-order valence-electron chi connectivity index (χ3n) is 4.13. The SMILES string of the molecule is CCCCCCCCCCCCCCC(O)CC(C)(C)O. The average molecular weight is 301 g/mol. The topological polar surface area (TPSA) is 40.5 Å². The predicted octanol–water partition coefficient (Wildman–Crippen LogP) is 5.60. The molecule has 1 atom stereocenters. The van der Waals surface area contributed by atoms with Gasteiger partial charge in [-0.25, -0.2) is 0 Å². The highest BCUT2D eigenvalue weighted by molar-refractivity contribution is 4.70. The van der Waals surface area contributed by atoms with Crippen molar-refractivity contribution >= 4 is 0 Å². The lowest BCUT2D eigenvalue weighted by Crippen LogP contribution is -2.26. The fraction of sp³-hybridized carbons (Fsp3) is 1.00. The van der Waals surface area contributed by atoms with E-state index in [-0.39, 0.29) is 6.10 Å². The zero-order valence-corrected chi connectivity index (χ0v) is 14.9. The van der Waals surface area contributed by atoms with Gasteiger partial charge >= 0.3 is 0 Å². The first kappa shape index (κ1) is 20.9. The molecular formula is C19H40O2. The van der Waals surface area contributed by atoms with Gasteiger partial charge in [-0.2, -0.15) is 0 Å². The highest BCUT2D eigenvalue weighted by Gasteiger charge is 2.17. The third kappa shape index (κ3) is 17.9. The van der Waals surface area contributed by atoms with Gasteiger partial charge in [-0.15, -0.1) is 0 Å². The van der Waals surface area contributed by atoms with E-state index in [0.29, 0.717) is 6.42 Å². The molecule has 0 saturated carbocycles. The summed E-state index contributed by atoms with van der Waals surface area (Å²) in [7, 11) is 0. The second-order valence-electron chi connectivity index (χ2n) is 7.35. The molecule has 0 rings (SSSR count). The van der Waals surface area contributed by atoms with Crippen LogP contribution in [0, 0.1) is 0 Å². The fourth-order valence-electron chi connectivity index (χ4n) is 2.90. The molecule has 0 bridgehead atoms. The Bertz CT molecular complexity index is 208. The van der Waals surface area contributed by atoms with Crippen LogP contribution in [0.1, 0.15) is 111 Å².